The summed E-state index contributed by atoms with van der Waals surface area (Å²) in [5, 5.41) is 0. The van der Waals surface area contributed by atoms with E-state index in [0.717, 1.165) is 19.0 Å². The maximum atomic E-state index is 5.46. The molecule has 2 nitrogen and oxygen atoms in total. The van der Waals surface area contributed by atoms with Crippen LogP contribution in [0.1, 0.15) is 6.42 Å². The van der Waals surface area contributed by atoms with E-state index in [1.807, 2.05) is 0 Å². The van der Waals surface area contributed by atoms with Crippen molar-refractivity contribution in [1.82, 2.24) is 4.90 Å². The molecule has 0 bridgehead atoms. The summed E-state index contributed by atoms with van der Waals surface area (Å²) in [5.74, 6) is 3.65. The molecular formula is C8H18N2S. The number of hydrogen-bond acceptors (Lipinski definition) is 3. The Morgan fingerprint density at radius 2 is 2.45 bits per heavy atom. The lowest BCUT2D eigenvalue weighted by molar-refractivity contribution is 0.296. The fourth-order valence-corrected chi connectivity index (χ4v) is 2.75. The van der Waals surface area contributed by atoms with E-state index in [4.69, 9.17) is 5.73 Å². The third-order valence-electron chi connectivity index (χ3n) is 2.10. The minimum Gasteiger partial charge on any atom is -0.329 e. The predicted octanol–water partition coefficient (Wildman–Crippen LogP) is 0.630. The van der Waals surface area contributed by atoms with Crippen LogP contribution >= 0.6 is 11.8 Å². The van der Waals surface area contributed by atoms with Crippen LogP contribution in [0.15, 0.2) is 0 Å². The SMILES string of the molecule is CN(CCN)CC1CCSC1. The lowest BCUT2D eigenvalue weighted by atomic mass is 10.1. The van der Waals surface area contributed by atoms with Crippen LogP contribution in [-0.2, 0) is 0 Å². The van der Waals surface area contributed by atoms with Gasteiger partial charge in [0, 0.05) is 19.6 Å². The standard InChI is InChI=1S/C8H18N2S/c1-10(4-3-9)6-8-2-5-11-7-8/h8H,2-7,9H2,1H3. The lowest BCUT2D eigenvalue weighted by Crippen LogP contribution is -2.30. The maximum Gasteiger partial charge on any atom is 0.0102 e. The molecule has 0 spiro atoms. The molecule has 1 aliphatic heterocycles. The van der Waals surface area contributed by atoms with Crippen LogP contribution in [0, 0.1) is 5.92 Å². The zero-order valence-electron chi connectivity index (χ0n) is 7.25. The molecule has 1 saturated heterocycles. The molecule has 66 valence electrons. The summed E-state index contributed by atoms with van der Waals surface area (Å²) in [6.07, 6.45) is 1.40. The summed E-state index contributed by atoms with van der Waals surface area (Å²) >= 11 is 2.08. The van der Waals surface area contributed by atoms with Gasteiger partial charge < -0.3 is 10.6 Å². The van der Waals surface area contributed by atoms with E-state index in [0.29, 0.717) is 0 Å². The topological polar surface area (TPSA) is 29.3 Å². The van der Waals surface area contributed by atoms with Gasteiger partial charge in [-0.05, 0) is 30.9 Å². The molecule has 0 aromatic heterocycles. The summed E-state index contributed by atoms with van der Waals surface area (Å²) in [4.78, 5) is 2.34. The van der Waals surface area contributed by atoms with Crippen LogP contribution in [0.25, 0.3) is 0 Å². The number of nitrogens with zero attached hydrogens (tertiary/aromatic N) is 1. The molecule has 1 rings (SSSR count). The molecule has 1 atom stereocenters. The highest BCUT2D eigenvalue weighted by atomic mass is 32.2. The minimum absolute atomic E-state index is 0.788. The number of rotatable bonds is 4. The van der Waals surface area contributed by atoms with Gasteiger partial charge in [0.05, 0.1) is 0 Å². The van der Waals surface area contributed by atoms with Gasteiger partial charge in [0.15, 0.2) is 0 Å². The van der Waals surface area contributed by atoms with Gasteiger partial charge in [-0.1, -0.05) is 0 Å². The lowest BCUT2D eigenvalue weighted by Gasteiger charge is -2.18. The fraction of sp³-hybridized carbons (Fsp3) is 1.00. The molecule has 0 aromatic carbocycles. The molecule has 11 heavy (non-hydrogen) atoms. The van der Waals surface area contributed by atoms with E-state index in [-0.39, 0.29) is 0 Å². The first kappa shape index (κ1) is 9.36. The average molecular weight is 174 g/mol. The molecule has 0 aliphatic carbocycles. The van der Waals surface area contributed by atoms with Crippen LogP contribution < -0.4 is 5.73 Å². The zero-order valence-corrected chi connectivity index (χ0v) is 8.07. The first-order valence-corrected chi connectivity index (χ1v) is 5.44. The molecule has 3 heteroatoms. The van der Waals surface area contributed by atoms with Crippen molar-refractivity contribution in [2.75, 3.05) is 38.2 Å². The van der Waals surface area contributed by atoms with E-state index in [1.54, 1.807) is 0 Å². The van der Waals surface area contributed by atoms with Crippen LogP contribution in [0.5, 0.6) is 0 Å². The summed E-state index contributed by atoms with van der Waals surface area (Å²) in [6, 6.07) is 0. The van der Waals surface area contributed by atoms with Gasteiger partial charge in [0.1, 0.15) is 0 Å². The smallest absolute Gasteiger partial charge is 0.0102 e. The van der Waals surface area contributed by atoms with E-state index in [2.05, 4.69) is 23.7 Å². The van der Waals surface area contributed by atoms with Crippen LogP contribution in [0.2, 0.25) is 0 Å². The molecule has 1 aliphatic rings. The predicted molar refractivity (Wildman–Crippen MR) is 52.0 cm³/mol. The van der Waals surface area contributed by atoms with E-state index >= 15 is 0 Å². The highest BCUT2D eigenvalue weighted by molar-refractivity contribution is 7.99. The van der Waals surface area contributed by atoms with E-state index < -0.39 is 0 Å². The Hall–Kier alpha value is 0.270. The van der Waals surface area contributed by atoms with E-state index in [1.165, 1.54) is 24.5 Å². The summed E-state index contributed by atoms with van der Waals surface area (Å²) in [6.45, 7) is 3.07. The Balaban J connectivity index is 2.08. The number of hydrogen-bond donors (Lipinski definition) is 1. The molecule has 1 heterocycles. The van der Waals surface area contributed by atoms with Crippen molar-refractivity contribution >= 4 is 11.8 Å². The highest BCUT2D eigenvalue weighted by Gasteiger charge is 2.16. The maximum absolute atomic E-state index is 5.46. The van der Waals surface area contributed by atoms with Crippen LogP contribution in [0.3, 0.4) is 0 Å². The average Bonchev–Trinajstić information content (AvgIpc) is 2.40. The summed E-state index contributed by atoms with van der Waals surface area (Å²) in [7, 11) is 2.16. The van der Waals surface area contributed by atoms with Gasteiger partial charge >= 0.3 is 0 Å². The molecule has 0 saturated carbocycles. The molecular weight excluding hydrogens is 156 g/mol. The third-order valence-corrected chi connectivity index (χ3v) is 3.34. The van der Waals surface area contributed by atoms with Crippen molar-refractivity contribution in [2.45, 2.75) is 6.42 Å². The van der Waals surface area contributed by atoms with Crippen molar-refractivity contribution < 1.29 is 0 Å². The molecule has 0 aromatic rings. The number of thioether (sulfide) groups is 1. The van der Waals surface area contributed by atoms with Crippen molar-refractivity contribution in [3.05, 3.63) is 0 Å². The van der Waals surface area contributed by atoms with Gasteiger partial charge in [0.2, 0.25) is 0 Å². The second-order valence-electron chi connectivity index (χ2n) is 3.28. The first-order valence-electron chi connectivity index (χ1n) is 4.29. The molecule has 1 fully saturated rings. The second kappa shape index (κ2) is 5.01. The Labute approximate surface area is 73.5 Å². The highest BCUT2D eigenvalue weighted by Crippen LogP contribution is 2.23. The Bertz CT molecular complexity index is 102. The molecule has 0 amide bonds. The normalized spacial score (nSPS) is 24.8. The van der Waals surface area contributed by atoms with Gasteiger partial charge in [0.25, 0.3) is 0 Å². The molecule has 2 N–H and O–H groups in total. The van der Waals surface area contributed by atoms with Crippen molar-refractivity contribution in [1.29, 1.82) is 0 Å². The summed E-state index contributed by atoms with van der Waals surface area (Å²) < 4.78 is 0. The fourth-order valence-electron chi connectivity index (χ4n) is 1.48. The van der Waals surface area contributed by atoms with Crippen molar-refractivity contribution in [3.63, 3.8) is 0 Å². The second-order valence-corrected chi connectivity index (χ2v) is 4.43. The largest absolute Gasteiger partial charge is 0.329 e. The van der Waals surface area contributed by atoms with Gasteiger partial charge in [-0.25, -0.2) is 0 Å². The van der Waals surface area contributed by atoms with Crippen molar-refractivity contribution in [3.8, 4) is 0 Å². The molecule has 0 radical (unpaired) electrons. The molecule has 1 unspecified atom stereocenters. The Kier molecular flexibility index (Phi) is 4.26. The first-order chi connectivity index (χ1) is 5.33. The Morgan fingerprint density at radius 3 is 3.00 bits per heavy atom. The van der Waals surface area contributed by atoms with E-state index in [9.17, 15) is 0 Å². The van der Waals surface area contributed by atoms with Gasteiger partial charge in [-0.3, -0.25) is 0 Å². The quantitative estimate of drug-likeness (QED) is 0.678. The van der Waals surface area contributed by atoms with Crippen LogP contribution in [-0.4, -0.2) is 43.1 Å². The van der Waals surface area contributed by atoms with Crippen LogP contribution in [0.4, 0.5) is 0 Å². The number of nitrogens with two attached hydrogens (primary N) is 1. The van der Waals surface area contributed by atoms with Gasteiger partial charge in [-0.2, -0.15) is 11.8 Å². The van der Waals surface area contributed by atoms with Crippen molar-refractivity contribution in [2.24, 2.45) is 11.7 Å². The Morgan fingerprint density at radius 1 is 1.64 bits per heavy atom. The third kappa shape index (κ3) is 3.45. The minimum atomic E-state index is 0.788. The zero-order chi connectivity index (χ0) is 8.10. The van der Waals surface area contributed by atoms with Gasteiger partial charge in [-0.15, -0.1) is 0 Å². The summed E-state index contributed by atoms with van der Waals surface area (Å²) in [5.41, 5.74) is 5.46. The monoisotopic (exact) mass is 174 g/mol. The number of likely N-dealkylation sites (N-methyl/N-ethyl adjacent to an activating group) is 1.